The van der Waals surface area contributed by atoms with Crippen molar-refractivity contribution in [2.45, 2.75) is 57.4 Å². The number of carbonyl (C=O) groups is 1. The van der Waals surface area contributed by atoms with Crippen molar-refractivity contribution in [2.24, 2.45) is 0 Å². The number of benzene rings is 1. The zero-order chi connectivity index (χ0) is 16.7. The van der Waals surface area contributed by atoms with Crippen LogP contribution in [0.15, 0.2) is 23.1 Å². The average molecular weight is 324 g/mol. The quantitative estimate of drug-likeness (QED) is 0.925. The molecule has 1 aliphatic heterocycles. The van der Waals surface area contributed by atoms with Gasteiger partial charge >= 0.3 is 0 Å². The molecule has 0 atom stereocenters. The third-order valence-electron chi connectivity index (χ3n) is 3.90. The molecule has 0 fully saturated rings. The Morgan fingerprint density at radius 3 is 2.50 bits per heavy atom. The summed E-state index contributed by atoms with van der Waals surface area (Å²) in [5.74, 6) is 0.0795. The lowest BCUT2D eigenvalue weighted by atomic mass is 9.77. The highest BCUT2D eigenvalue weighted by atomic mass is 32.2. The molecular weight excluding hydrogens is 300 g/mol. The molecule has 1 heterocycles. The largest absolute Gasteiger partial charge is 0.312 e. The van der Waals surface area contributed by atoms with E-state index in [2.05, 4.69) is 4.72 Å². The van der Waals surface area contributed by atoms with Crippen molar-refractivity contribution in [3.05, 3.63) is 23.8 Å². The second kappa shape index (κ2) is 5.66. The summed E-state index contributed by atoms with van der Waals surface area (Å²) in [4.78, 5) is 14.2. The fraction of sp³-hybridized carbons (Fsp3) is 0.562. The molecule has 0 aromatic heterocycles. The number of carbonyl (C=O) groups excluding carboxylic acids is 1. The number of amides is 1. The zero-order valence-electron chi connectivity index (χ0n) is 13.8. The van der Waals surface area contributed by atoms with Crippen molar-refractivity contribution in [1.29, 1.82) is 0 Å². The van der Waals surface area contributed by atoms with Gasteiger partial charge in [-0.1, -0.05) is 13.8 Å². The van der Waals surface area contributed by atoms with Crippen LogP contribution < -0.4 is 9.62 Å². The molecule has 1 aromatic rings. The number of anilines is 1. The molecule has 1 amide bonds. The van der Waals surface area contributed by atoms with Crippen molar-refractivity contribution in [3.63, 3.8) is 0 Å². The van der Waals surface area contributed by atoms with Gasteiger partial charge in [-0.05, 0) is 44.5 Å². The third kappa shape index (κ3) is 3.03. The van der Waals surface area contributed by atoms with E-state index in [-0.39, 0.29) is 22.3 Å². The van der Waals surface area contributed by atoms with Gasteiger partial charge in [-0.25, -0.2) is 13.1 Å². The smallest absolute Gasteiger partial charge is 0.240 e. The van der Waals surface area contributed by atoms with Gasteiger partial charge < -0.3 is 4.90 Å². The zero-order valence-corrected chi connectivity index (χ0v) is 14.6. The predicted molar refractivity (Wildman–Crippen MR) is 87.6 cm³/mol. The van der Waals surface area contributed by atoms with Crippen LogP contribution in [-0.2, 0) is 20.2 Å². The minimum Gasteiger partial charge on any atom is -0.312 e. The van der Waals surface area contributed by atoms with E-state index in [0.29, 0.717) is 13.0 Å². The molecule has 22 heavy (non-hydrogen) atoms. The van der Waals surface area contributed by atoms with Crippen LogP contribution in [0.2, 0.25) is 0 Å². The van der Waals surface area contributed by atoms with Crippen LogP contribution in [0.3, 0.4) is 0 Å². The molecule has 6 heteroatoms. The van der Waals surface area contributed by atoms with Crippen molar-refractivity contribution in [1.82, 2.24) is 4.72 Å². The molecule has 122 valence electrons. The Morgan fingerprint density at radius 2 is 1.95 bits per heavy atom. The molecule has 1 N–H and O–H groups in total. The van der Waals surface area contributed by atoms with Crippen LogP contribution in [0.5, 0.6) is 0 Å². The summed E-state index contributed by atoms with van der Waals surface area (Å²) in [6.45, 7) is 10.0. The van der Waals surface area contributed by atoms with Crippen molar-refractivity contribution in [3.8, 4) is 0 Å². The Labute approximate surface area is 132 Å². The molecule has 2 rings (SSSR count). The minimum absolute atomic E-state index is 0.0795. The normalized spacial score (nSPS) is 17.7. The Bertz CT molecular complexity index is 693. The minimum atomic E-state index is -3.53. The van der Waals surface area contributed by atoms with Gasteiger partial charge in [-0.2, -0.15) is 0 Å². The summed E-state index contributed by atoms with van der Waals surface area (Å²) < 4.78 is 27.3. The lowest BCUT2D eigenvalue weighted by Gasteiger charge is -2.38. The first-order chi connectivity index (χ1) is 10.1. The number of hydrogen-bond donors (Lipinski definition) is 1. The van der Waals surface area contributed by atoms with E-state index in [9.17, 15) is 13.2 Å². The highest BCUT2D eigenvalue weighted by Gasteiger charge is 2.36. The molecule has 0 unspecified atom stereocenters. The van der Waals surface area contributed by atoms with Gasteiger partial charge in [-0.3, -0.25) is 4.79 Å². The number of fused-ring (bicyclic) bond motifs is 1. The number of nitrogens with one attached hydrogen (secondary N) is 1. The Balaban J connectivity index is 2.57. The van der Waals surface area contributed by atoms with Gasteiger partial charge in [0, 0.05) is 30.1 Å². The third-order valence-corrected chi connectivity index (χ3v) is 5.56. The number of nitrogens with zero attached hydrogens (tertiary/aromatic N) is 1. The van der Waals surface area contributed by atoms with Gasteiger partial charge in [-0.15, -0.1) is 0 Å². The van der Waals surface area contributed by atoms with E-state index in [1.54, 1.807) is 36.9 Å². The maximum absolute atomic E-state index is 12.4. The van der Waals surface area contributed by atoms with Crippen molar-refractivity contribution >= 4 is 21.6 Å². The molecule has 0 radical (unpaired) electrons. The molecule has 1 aliphatic rings. The highest BCUT2D eigenvalue weighted by Crippen LogP contribution is 2.41. The lowest BCUT2D eigenvalue weighted by Crippen LogP contribution is -2.42. The maximum Gasteiger partial charge on any atom is 0.240 e. The van der Waals surface area contributed by atoms with E-state index in [1.165, 1.54) is 0 Å². The van der Waals surface area contributed by atoms with Gasteiger partial charge in [0.2, 0.25) is 15.9 Å². The number of rotatable bonds is 4. The molecule has 0 bridgehead atoms. The highest BCUT2D eigenvalue weighted by molar-refractivity contribution is 7.89. The topological polar surface area (TPSA) is 66.5 Å². The van der Waals surface area contributed by atoms with E-state index < -0.39 is 10.0 Å². The fourth-order valence-electron chi connectivity index (χ4n) is 2.89. The summed E-state index contributed by atoms with van der Waals surface area (Å²) in [6, 6.07) is 4.85. The van der Waals surface area contributed by atoms with Gasteiger partial charge in [0.1, 0.15) is 0 Å². The summed E-state index contributed by atoms with van der Waals surface area (Å²) in [5, 5.41) is 0. The van der Waals surface area contributed by atoms with Crippen LogP contribution in [0.25, 0.3) is 0 Å². The summed E-state index contributed by atoms with van der Waals surface area (Å²) in [7, 11) is -3.53. The van der Waals surface area contributed by atoms with Crippen LogP contribution in [0.1, 0.15) is 46.6 Å². The maximum atomic E-state index is 12.4. The first-order valence-electron chi connectivity index (χ1n) is 7.55. The Kier molecular flexibility index (Phi) is 4.37. The predicted octanol–water partition coefficient (Wildman–Crippen LogP) is 2.41. The van der Waals surface area contributed by atoms with E-state index in [4.69, 9.17) is 0 Å². The summed E-state index contributed by atoms with van der Waals surface area (Å²) >= 11 is 0. The van der Waals surface area contributed by atoms with Crippen LogP contribution in [0, 0.1) is 0 Å². The molecular formula is C16H24N2O3S. The first kappa shape index (κ1) is 17.0. The Hall–Kier alpha value is -1.40. The van der Waals surface area contributed by atoms with E-state index >= 15 is 0 Å². The molecule has 0 aliphatic carbocycles. The SMILES string of the molecule is CCN1C(=O)CC(C)(C)c2cc(S(=O)(=O)NC(C)C)ccc21. The standard InChI is InChI=1S/C16H24N2O3S/c1-6-18-14-8-7-12(22(20,21)17-11(2)3)9-13(14)16(4,5)10-15(18)19/h7-9,11,17H,6,10H2,1-5H3. The average Bonchev–Trinajstić information content (AvgIpc) is 2.36. The monoisotopic (exact) mass is 324 g/mol. The van der Waals surface area contributed by atoms with E-state index in [1.807, 2.05) is 20.8 Å². The van der Waals surface area contributed by atoms with Crippen LogP contribution in [0.4, 0.5) is 5.69 Å². The molecule has 0 spiro atoms. The molecule has 0 saturated heterocycles. The van der Waals surface area contributed by atoms with Crippen molar-refractivity contribution < 1.29 is 13.2 Å². The number of hydrogen-bond acceptors (Lipinski definition) is 3. The van der Waals surface area contributed by atoms with Gasteiger partial charge in [0.25, 0.3) is 0 Å². The molecule has 0 saturated carbocycles. The second-order valence-electron chi connectivity index (χ2n) is 6.65. The Morgan fingerprint density at radius 1 is 1.32 bits per heavy atom. The van der Waals surface area contributed by atoms with Crippen molar-refractivity contribution in [2.75, 3.05) is 11.4 Å². The molecule has 1 aromatic carbocycles. The summed E-state index contributed by atoms with van der Waals surface area (Å²) in [6.07, 6.45) is 0.384. The van der Waals surface area contributed by atoms with E-state index in [0.717, 1.165) is 11.3 Å². The lowest BCUT2D eigenvalue weighted by molar-refractivity contribution is -0.120. The van der Waals surface area contributed by atoms with Gasteiger partial charge in [0.05, 0.1) is 4.90 Å². The van der Waals surface area contributed by atoms with Crippen LogP contribution in [-0.4, -0.2) is 26.9 Å². The number of sulfonamides is 1. The van der Waals surface area contributed by atoms with Gasteiger partial charge in [0.15, 0.2) is 0 Å². The molecule has 5 nitrogen and oxygen atoms in total. The first-order valence-corrected chi connectivity index (χ1v) is 9.04. The van der Waals surface area contributed by atoms with Crippen LogP contribution >= 0.6 is 0 Å². The fourth-order valence-corrected chi connectivity index (χ4v) is 4.16. The second-order valence-corrected chi connectivity index (χ2v) is 8.37. The summed E-state index contributed by atoms with van der Waals surface area (Å²) in [5.41, 5.74) is 1.34.